The molecule has 3 heterocycles. The first-order valence-electron chi connectivity index (χ1n) is 7.40. The molecule has 0 radical (unpaired) electrons. The Bertz CT molecular complexity index is 294. The summed E-state index contributed by atoms with van der Waals surface area (Å²) in [6.45, 7) is 1.58. The van der Waals surface area contributed by atoms with Gasteiger partial charge in [0, 0.05) is 13.1 Å². The summed E-state index contributed by atoms with van der Waals surface area (Å²) in [6.07, 6.45) is 8.32. The Balaban J connectivity index is 1.88. The van der Waals surface area contributed by atoms with Crippen LogP contribution < -0.4 is 0 Å². The molecule has 0 aromatic heterocycles. The summed E-state index contributed by atoms with van der Waals surface area (Å²) in [5.41, 5.74) is 0. The number of hydrogen-bond acceptors (Lipinski definition) is 2. The Morgan fingerprint density at radius 1 is 0.667 bits per heavy atom. The van der Waals surface area contributed by atoms with E-state index in [2.05, 4.69) is 0 Å². The number of fused-ring (bicyclic) bond motifs is 2. The smallest absolute Gasteiger partial charge is 0.246 e. The highest BCUT2D eigenvalue weighted by molar-refractivity contribution is 5.97. The van der Waals surface area contributed by atoms with E-state index in [0.717, 1.165) is 64.5 Å². The maximum Gasteiger partial charge on any atom is 0.246 e. The van der Waals surface area contributed by atoms with E-state index in [1.165, 1.54) is 0 Å². The van der Waals surface area contributed by atoms with Gasteiger partial charge in [-0.15, -0.1) is 0 Å². The van der Waals surface area contributed by atoms with E-state index >= 15 is 0 Å². The van der Waals surface area contributed by atoms with Gasteiger partial charge in [0.05, 0.1) is 0 Å². The number of carbonyl (C=O) groups is 2. The maximum atomic E-state index is 12.6. The van der Waals surface area contributed by atoms with Crippen molar-refractivity contribution in [1.82, 2.24) is 9.80 Å². The zero-order valence-electron chi connectivity index (χ0n) is 10.9. The SMILES string of the molecule is O=C1[C@@H]2CCCCCN2C(=O)[C@@H]2CCCCCN12. The van der Waals surface area contributed by atoms with Crippen LogP contribution in [-0.4, -0.2) is 46.8 Å². The van der Waals surface area contributed by atoms with Crippen molar-refractivity contribution < 1.29 is 9.59 Å². The first-order valence-corrected chi connectivity index (χ1v) is 7.40. The second kappa shape index (κ2) is 4.90. The lowest BCUT2D eigenvalue weighted by atomic mass is 9.99. The summed E-state index contributed by atoms with van der Waals surface area (Å²) in [5.74, 6) is 0.451. The molecular formula is C14H22N2O2. The van der Waals surface area contributed by atoms with Gasteiger partial charge in [0.2, 0.25) is 11.8 Å². The summed E-state index contributed by atoms with van der Waals surface area (Å²) in [7, 11) is 0. The van der Waals surface area contributed by atoms with Gasteiger partial charge < -0.3 is 9.80 Å². The van der Waals surface area contributed by atoms with E-state index < -0.39 is 0 Å². The van der Waals surface area contributed by atoms with Crippen molar-refractivity contribution in [3.8, 4) is 0 Å². The molecule has 2 atom stereocenters. The molecule has 0 unspecified atom stereocenters. The number of amides is 2. The van der Waals surface area contributed by atoms with Gasteiger partial charge in [-0.2, -0.15) is 0 Å². The topological polar surface area (TPSA) is 40.6 Å². The minimum atomic E-state index is -0.144. The lowest BCUT2D eigenvalue weighted by Gasteiger charge is -2.44. The van der Waals surface area contributed by atoms with Crippen molar-refractivity contribution in [3.63, 3.8) is 0 Å². The molecule has 2 amide bonds. The first-order chi connectivity index (χ1) is 8.79. The standard InChI is InChI=1S/C14H22N2O2/c17-13-11-7-3-1-5-9-15(11)14(18)12-8-4-2-6-10-16(12)13/h11-12H,1-10H2/t11-,12-/m0/s1. The molecule has 3 rings (SSSR count). The lowest BCUT2D eigenvalue weighted by Crippen LogP contribution is -2.64. The first kappa shape index (κ1) is 12.0. The maximum absolute atomic E-state index is 12.6. The monoisotopic (exact) mass is 250 g/mol. The van der Waals surface area contributed by atoms with Crippen LogP contribution >= 0.6 is 0 Å². The van der Waals surface area contributed by atoms with Crippen LogP contribution in [-0.2, 0) is 9.59 Å². The van der Waals surface area contributed by atoms with Crippen molar-refractivity contribution >= 4 is 11.8 Å². The zero-order valence-corrected chi connectivity index (χ0v) is 10.9. The predicted octanol–water partition coefficient (Wildman–Crippen LogP) is 1.54. The fraction of sp³-hybridized carbons (Fsp3) is 0.857. The van der Waals surface area contributed by atoms with Gasteiger partial charge in [0.15, 0.2) is 0 Å². The van der Waals surface area contributed by atoms with Crippen LogP contribution in [0.3, 0.4) is 0 Å². The third-order valence-electron chi connectivity index (χ3n) is 4.64. The summed E-state index contributed by atoms with van der Waals surface area (Å²) >= 11 is 0. The summed E-state index contributed by atoms with van der Waals surface area (Å²) in [6, 6.07) is -0.288. The molecule has 0 N–H and O–H groups in total. The third-order valence-corrected chi connectivity index (χ3v) is 4.64. The molecule has 18 heavy (non-hydrogen) atoms. The van der Waals surface area contributed by atoms with E-state index in [0.29, 0.717) is 0 Å². The molecule has 3 fully saturated rings. The quantitative estimate of drug-likeness (QED) is 0.654. The van der Waals surface area contributed by atoms with E-state index in [1.54, 1.807) is 0 Å². The Morgan fingerprint density at radius 3 is 1.56 bits per heavy atom. The van der Waals surface area contributed by atoms with Gasteiger partial charge >= 0.3 is 0 Å². The average molecular weight is 250 g/mol. The van der Waals surface area contributed by atoms with E-state index in [9.17, 15) is 9.59 Å². The number of piperazine rings is 1. The van der Waals surface area contributed by atoms with Crippen LogP contribution in [0.4, 0.5) is 0 Å². The van der Waals surface area contributed by atoms with Crippen molar-refractivity contribution in [2.24, 2.45) is 0 Å². The van der Waals surface area contributed by atoms with E-state index in [1.807, 2.05) is 9.80 Å². The fourth-order valence-electron chi connectivity index (χ4n) is 3.64. The van der Waals surface area contributed by atoms with Crippen LogP contribution in [0.2, 0.25) is 0 Å². The van der Waals surface area contributed by atoms with Crippen LogP contribution in [0.25, 0.3) is 0 Å². The Morgan fingerprint density at radius 2 is 1.11 bits per heavy atom. The second-order valence-corrected chi connectivity index (χ2v) is 5.79. The van der Waals surface area contributed by atoms with Crippen molar-refractivity contribution in [3.05, 3.63) is 0 Å². The van der Waals surface area contributed by atoms with Gasteiger partial charge in [-0.05, 0) is 25.7 Å². The third kappa shape index (κ3) is 1.91. The molecule has 3 saturated heterocycles. The Hall–Kier alpha value is -1.06. The Kier molecular flexibility index (Phi) is 3.27. The number of nitrogens with zero attached hydrogens (tertiary/aromatic N) is 2. The molecule has 0 bridgehead atoms. The van der Waals surface area contributed by atoms with Crippen molar-refractivity contribution in [1.29, 1.82) is 0 Å². The fourth-order valence-corrected chi connectivity index (χ4v) is 3.64. The lowest BCUT2D eigenvalue weighted by molar-refractivity contribution is -0.161. The molecular weight excluding hydrogens is 228 g/mol. The van der Waals surface area contributed by atoms with E-state index in [-0.39, 0.29) is 23.9 Å². The molecule has 4 heteroatoms. The molecule has 0 aliphatic carbocycles. The van der Waals surface area contributed by atoms with Crippen LogP contribution in [0.5, 0.6) is 0 Å². The molecule has 0 saturated carbocycles. The highest BCUT2D eigenvalue weighted by atomic mass is 16.2. The number of carbonyl (C=O) groups excluding carboxylic acids is 2. The molecule has 4 nitrogen and oxygen atoms in total. The van der Waals surface area contributed by atoms with Gasteiger partial charge in [0.1, 0.15) is 12.1 Å². The van der Waals surface area contributed by atoms with Crippen LogP contribution in [0.15, 0.2) is 0 Å². The normalized spacial score (nSPS) is 33.6. The number of hydrogen-bond donors (Lipinski definition) is 0. The molecule has 0 spiro atoms. The highest BCUT2D eigenvalue weighted by Gasteiger charge is 2.45. The van der Waals surface area contributed by atoms with Crippen LogP contribution in [0.1, 0.15) is 51.4 Å². The van der Waals surface area contributed by atoms with E-state index in [4.69, 9.17) is 0 Å². The molecule has 3 aliphatic rings. The van der Waals surface area contributed by atoms with Gasteiger partial charge in [-0.25, -0.2) is 0 Å². The van der Waals surface area contributed by atoms with Crippen molar-refractivity contribution in [2.75, 3.05) is 13.1 Å². The van der Waals surface area contributed by atoms with Crippen LogP contribution in [0, 0.1) is 0 Å². The Labute approximate surface area is 108 Å². The zero-order chi connectivity index (χ0) is 12.5. The summed E-state index contributed by atoms with van der Waals surface area (Å²) in [4.78, 5) is 28.9. The summed E-state index contributed by atoms with van der Waals surface area (Å²) in [5, 5.41) is 0. The minimum absolute atomic E-state index is 0.144. The minimum Gasteiger partial charge on any atom is -0.329 e. The molecule has 0 aromatic rings. The van der Waals surface area contributed by atoms with Gasteiger partial charge in [-0.3, -0.25) is 9.59 Å². The average Bonchev–Trinajstić information content (AvgIpc) is 2.76. The molecule has 100 valence electrons. The largest absolute Gasteiger partial charge is 0.329 e. The summed E-state index contributed by atoms with van der Waals surface area (Å²) < 4.78 is 0. The second-order valence-electron chi connectivity index (χ2n) is 5.79. The van der Waals surface area contributed by atoms with Crippen molar-refractivity contribution in [2.45, 2.75) is 63.5 Å². The molecule has 3 aliphatic heterocycles. The predicted molar refractivity (Wildman–Crippen MR) is 67.9 cm³/mol. The highest BCUT2D eigenvalue weighted by Crippen LogP contribution is 2.29. The van der Waals surface area contributed by atoms with Gasteiger partial charge in [-0.1, -0.05) is 25.7 Å². The van der Waals surface area contributed by atoms with Gasteiger partial charge in [0.25, 0.3) is 0 Å². The molecule has 0 aromatic carbocycles. The number of rotatable bonds is 0.